The SMILES string of the molecule is CCOC(=O)C(Cc1ccc(C(=O)OC)cc1)(OC[C@H]1O[C@@H](n2cnc3c(N)nc(Cl)nc32)[C@@H](F)[C@@H]1O)C(=O)OCC. The number of aromatic nitrogens is 4. The molecule has 0 bridgehead atoms. The van der Waals surface area contributed by atoms with E-state index in [9.17, 15) is 19.5 Å². The number of nitrogens with zero attached hydrogens (tertiary/aromatic N) is 4. The largest absolute Gasteiger partial charge is 0.465 e. The summed E-state index contributed by atoms with van der Waals surface area (Å²) in [6.07, 6.45) is -5.71. The minimum atomic E-state index is -2.36. The van der Waals surface area contributed by atoms with Gasteiger partial charge in [0.05, 0.1) is 38.8 Å². The third kappa shape index (κ3) is 5.99. The van der Waals surface area contributed by atoms with Crippen molar-refractivity contribution in [2.24, 2.45) is 0 Å². The first-order valence-corrected chi connectivity index (χ1v) is 13.2. The van der Waals surface area contributed by atoms with E-state index in [1.165, 1.54) is 42.3 Å². The first-order valence-electron chi connectivity index (χ1n) is 12.8. The number of anilines is 1. The molecule has 1 fully saturated rings. The van der Waals surface area contributed by atoms with Crippen molar-refractivity contribution in [3.05, 3.63) is 47.0 Å². The number of benzene rings is 1. The lowest BCUT2D eigenvalue weighted by Gasteiger charge is -2.30. The molecule has 4 rings (SSSR count). The third-order valence-electron chi connectivity index (χ3n) is 6.52. The lowest BCUT2D eigenvalue weighted by atomic mass is 9.93. The van der Waals surface area contributed by atoms with Crippen molar-refractivity contribution in [1.29, 1.82) is 0 Å². The second-order valence-corrected chi connectivity index (χ2v) is 9.48. The van der Waals surface area contributed by atoms with Crippen LogP contribution in [0, 0.1) is 0 Å². The number of aliphatic hydroxyl groups is 1. The minimum absolute atomic E-state index is 0.0362. The standard InChI is InChI=1S/C26H29ClFN5O9/c1-4-39-23(36)26(24(37)40-5-2,10-13-6-8-14(9-7-13)22(35)38-3)41-11-15-18(34)16(28)21(42-15)33-12-30-17-19(29)31-25(27)32-20(17)33/h6-9,12,15-16,18,21,34H,4-5,10-11H2,1-3H3,(H2,29,31,32)/t15-,16+,18-,21-/m1/s1. The van der Waals surface area contributed by atoms with Crippen molar-refractivity contribution in [2.45, 2.75) is 50.5 Å². The Labute approximate surface area is 243 Å². The fourth-order valence-electron chi connectivity index (χ4n) is 4.44. The molecule has 42 heavy (non-hydrogen) atoms. The van der Waals surface area contributed by atoms with Gasteiger partial charge in [-0.1, -0.05) is 12.1 Å². The minimum Gasteiger partial charge on any atom is -0.465 e. The monoisotopic (exact) mass is 609 g/mol. The Bertz CT molecular complexity index is 1440. The first kappa shape index (κ1) is 31.0. The van der Waals surface area contributed by atoms with Crippen molar-refractivity contribution in [2.75, 3.05) is 32.7 Å². The van der Waals surface area contributed by atoms with Crippen LogP contribution in [0.4, 0.5) is 10.2 Å². The van der Waals surface area contributed by atoms with Gasteiger partial charge in [-0.3, -0.25) is 4.57 Å². The second kappa shape index (κ2) is 12.9. The van der Waals surface area contributed by atoms with Crippen LogP contribution in [0.15, 0.2) is 30.6 Å². The molecule has 3 heterocycles. The first-order chi connectivity index (χ1) is 20.1. The number of carbonyl (C=O) groups excluding carboxylic acids is 3. The molecule has 0 aliphatic carbocycles. The number of carbonyl (C=O) groups is 3. The average molecular weight is 610 g/mol. The Morgan fingerprint density at radius 2 is 1.79 bits per heavy atom. The van der Waals surface area contributed by atoms with E-state index in [1.54, 1.807) is 13.8 Å². The number of aliphatic hydroxyl groups excluding tert-OH is 1. The van der Waals surface area contributed by atoms with Gasteiger partial charge in [0.2, 0.25) is 5.28 Å². The van der Waals surface area contributed by atoms with Crippen molar-refractivity contribution >= 4 is 46.5 Å². The molecule has 0 unspecified atom stereocenters. The maximum Gasteiger partial charge on any atom is 0.350 e. The number of rotatable bonds is 11. The van der Waals surface area contributed by atoms with Crippen molar-refractivity contribution in [3.8, 4) is 0 Å². The van der Waals surface area contributed by atoms with E-state index >= 15 is 4.39 Å². The summed E-state index contributed by atoms with van der Waals surface area (Å²) >= 11 is 5.90. The summed E-state index contributed by atoms with van der Waals surface area (Å²) in [5, 5.41) is 10.5. The maximum absolute atomic E-state index is 15.4. The van der Waals surface area contributed by atoms with Gasteiger partial charge in [-0.15, -0.1) is 0 Å². The predicted octanol–water partition coefficient (Wildman–Crippen LogP) is 1.57. The smallest absolute Gasteiger partial charge is 0.350 e. The van der Waals surface area contributed by atoms with Crippen LogP contribution in [0.2, 0.25) is 5.28 Å². The summed E-state index contributed by atoms with van der Waals surface area (Å²) in [6, 6.07) is 5.89. The molecule has 14 nitrogen and oxygen atoms in total. The number of halogens is 2. The molecule has 1 aromatic carbocycles. The van der Waals surface area contributed by atoms with Crippen LogP contribution >= 0.6 is 11.6 Å². The zero-order valence-corrected chi connectivity index (χ0v) is 23.6. The van der Waals surface area contributed by atoms with Gasteiger partial charge in [-0.25, -0.2) is 23.8 Å². The van der Waals surface area contributed by atoms with Crippen LogP contribution in [-0.2, 0) is 39.7 Å². The van der Waals surface area contributed by atoms with Gasteiger partial charge in [-0.2, -0.15) is 9.97 Å². The molecule has 0 amide bonds. The number of esters is 3. The van der Waals surface area contributed by atoms with E-state index in [0.29, 0.717) is 5.56 Å². The number of alkyl halides is 1. The number of ether oxygens (including phenoxy) is 5. The highest BCUT2D eigenvalue weighted by Crippen LogP contribution is 2.35. The molecule has 226 valence electrons. The number of nitrogens with two attached hydrogens (primary N) is 1. The van der Waals surface area contributed by atoms with E-state index in [1.807, 2.05) is 0 Å². The molecule has 0 radical (unpaired) electrons. The van der Waals surface area contributed by atoms with Crippen molar-refractivity contribution in [1.82, 2.24) is 19.5 Å². The normalized spacial score (nSPS) is 20.4. The lowest BCUT2D eigenvalue weighted by Crippen LogP contribution is -2.54. The zero-order valence-electron chi connectivity index (χ0n) is 22.9. The molecule has 1 aliphatic heterocycles. The van der Waals surface area contributed by atoms with Gasteiger partial charge in [0.1, 0.15) is 17.7 Å². The highest BCUT2D eigenvalue weighted by Gasteiger charge is 2.53. The van der Waals surface area contributed by atoms with Gasteiger partial charge in [0, 0.05) is 6.42 Å². The fourth-order valence-corrected chi connectivity index (χ4v) is 4.61. The predicted molar refractivity (Wildman–Crippen MR) is 143 cm³/mol. The molecule has 0 saturated carbocycles. The zero-order chi connectivity index (χ0) is 30.6. The van der Waals surface area contributed by atoms with Crippen LogP contribution in [0.3, 0.4) is 0 Å². The van der Waals surface area contributed by atoms with Crippen molar-refractivity contribution < 1.29 is 47.6 Å². The molecule has 4 atom stereocenters. The van der Waals surface area contributed by atoms with E-state index in [2.05, 4.69) is 15.0 Å². The van der Waals surface area contributed by atoms with Gasteiger partial charge < -0.3 is 34.5 Å². The Balaban J connectivity index is 1.62. The molecule has 16 heteroatoms. The van der Waals surface area contributed by atoms with Crippen LogP contribution in [0.25, 0.3) is 11.2 Å². The summed E-state index contributed by atoms with van der Waals surface area (Å²) in [5.74, 6) is -2.75. The Morgan fingerprint density at radius 3 is 2.38 bits per heavy atom. The lowest BCUT2D eigenvalue weighted by molar-refractivity contribution is -0.197. The number of fused-ring (bicyclic) bond motifs is 1. The van der Waals surface area contributed by atoms with Gasteiger partial charge in [0.15, 0.2) is 23.9 Å². The summed E-state index contributed by atoms with van der Waals surface area (Å²) in [7, 11) is 1.23. The Hall–Kier alpha value is -3.92. The highest BCUT2D eigenvalue weighted by atomic mass is 35.5. The van der Waals surface area contributed by atoms with Gasteiger partial charge >= 0.3 is 17.9 Å². The molecule has 3 N–H and O–H groups in total. The number of methoxy groups -OCH3 is 1. The van der Waals surface area contributed by atoms with E-state index < -0.39 is 54.7 Å². The number of hydrogen-bond acceptors (Lipinski definition) is 13. The van der Waals surface area contributed by atoms with Crippen molar-refractivity contribution in [3.63, 3.8) is 0 Å². The van der Waals surface area contributed by atoms with Crippen LogP contribution in [0.1, 0.15) is 36.0 Å². The van der Waals surface area contributed by atoms with E-state index in [0.717, 1.165) is 0 Å². The quantitative estimate of drug-likeness (QED) is 0.138. The Kier molecular flexibility index (Phi) is 9.56. The summed E-state index contributed by atoms with van der Waals surface area (Å²) in [4.78, 5) is 50.3. The van der Waals surface area contributed by atoms with Crippen LogP contribution in [0.5, 0.6) is 0 Å². The molecule has 0 spiro atoms. The molecule has 2 aromatic heterocycles. The van der Waals surface area contributed by atoms with Crippen LogP contribution in [-0.4, -0.2) is 93.4 Å². The van der Waals surface area contributed by atoms with Gasteiger partial charge in [0.25, 0.3) is 5.60 Å². The molecular weight excluding hydrogens is 581 g/mol. The summed E-state index contributed by atoms with van der Waals surface area (Å²) in [5.41, 5.74) is 4.32. The maximum atomic E-state index is 15.4. The average Bonchev–Trinajstić information content (AvgIpc) is 3.51. The third-order valence-corrected chi connectivity index (χ3v) is 6.69. The summed E-state index contributed by atoms with van der Waals surface area (Å²) < 4.78 is 43.3. The number of imidazole rings is 1. The second-order valence-electron chi connectivity index (χ2n) is 9.15. The van der Waals surface area contributed by atoms with Crippen LogP contribution < -0.4 is 5.73 Å². The molecule has 1 aliphatic rings. The molecular formula is C26H29ClFN5O9. The summed E-state index contributed by atoms with van der Waals surface area (Å²) in [6.45, 7) is 2.27. The fraction of sp³-hybridized carbons (Fsp3) is 0.462. The van der Waals surface area contributed by atoms with E-state index in [-0.39, 0.29) is 47.5 Å². The van der Waals surface area contributed by atoms with E-state index in [4.69, 9.17) is 41.0 Å². The number of nitrogen functional groups attached to an aromatic ring is 1. The topological polar surface area (TPSA) is 187 Å². The molecule has 3 aromatic rings. The Morgan fingerprint density at radius 1 is 1.14 bits per heavy atom. The number of hydrogen-bond donors (Lipinski definition) is 2. The highest BCUT2D eigenvalue weighted by molar-refractivity contribution is 6.28. The molecule has 1 saturated heterocycles. The van der Waals surface area contributed by atoms with Gasteiger partial charge in [-0.05, 0) is 43.1 Å².